The fourth-order valence-corrected chi connectivity index (χ4v) is 2.73. The zero-order valence-electron chi connectivity index (χ0n) is 10.5. The van der Waals surface area contributed by atoms with Gasteiger partial charge in [-0.25, -0.2) is 8.42 Å². The third-order valence-electron chi connectivity index (χ3n) is 2.69. The average Bonchev–Trinajstić information content (AvgIpc) is 2.27. The van der Waals surface area contributed by atoms with Gasteiger partial charge >= 0.3 is 29.6 Å². The topological polar surface area (TPSA) is 57.2 Å². The summed E-state index contributed by atoms with van der Waals surface area (Å²) in [6, 6.07) is 10.5. The first kappa shape index (κ1) is 15.7. The molecule has 0 aliphatic heterocycles. The molecule has 0 heterocycles. The predicted molar refractivity (Wildman–Crippen MR) is 65.9 cm³/mol. The minimum absolute atomic E-state index is 0. The number of fused-ring (bicyclic) bond motifs is 1. The van der Waals surface area contributed by atoms with Crippen molar-refractivity contribution >= 4 is 20.9 Å². The van der Waals surface area contributed by atoms with Crippen LogP contribution in [0.5, 0.6) is 0 Å². The standard InChI is InChI=1S/C13H14O3S.Na/c1-2-5-10-8-11-6-3-4-7-12(11)13(9-10)17(14,15)16;/h3-4,6-9H,2,5H2,1H3,(H,14,15,16);/q;+1/p-1. The fourth-order valence-electron chi connectivity index (χ4n) is 1.97. The molecule has 0 atom stereocenters. The minimum Gasteiger partial charge on any atom is -0.744 e. The van der Waals surface area contributed by atoms with E-state index in [9.17, 15) is 13.0 Å². The summed E-state index contributed by atoms with van der Waals surface area (Å²) < 4.78 is 33.7. The summed E-state index contributed by atoms with van der Waals surface area (Å²) in [5.41, 5.74) is 0.889. The average molecular weight is 272 g/mol. The van der Waals surface area contributed by atoms with Gasteiger partial charge in [0.15, 0.2) is 0 Å². The van der Waals surface area contributed by atoms with E-state index in [-0.39, 0.29) is 34.5 Å². The van der Waals surface area contributed by atoms with Crippen molar-refractivity contribution in [2.24, 2.45) is 0 Å². The third kappa shape index (κ3) is 3.33. The Morgan fingerprint density at radius 1 is 1.17 bits per heavy atom. The summed E-state index contributed by atoms with van der Waals surface area (Å²) in [6.07, 6.45) is 1.68. The van der Waals surface area contributed by atoms with E-state index in [4.69, 9.17) is 0 Å². The van der Waals surface area contributed by atoms with E-state index in [0.29, 0.717) is 5.39 Å². The van der Waals surface area contributed by atoms with Crippen molar-refractivity contribution in [3.05, 3.63) is 42.0 Å². The second-order valence-corrected chi connectivity index (χ2v) is 5.37. The van der Waals surface area contributed by atoms with Crippen LogP contribution in [0.25, 0.3) is 10.8 Å². The van der Waals surface area contributed by atoms with E-state index in [1.54, 1.807) is 12.1 Å². The van der Waals surface area contributed by atoms with Crippen molar-refractivity contribution in [3.8, 4) is 0 Å². The van der Waals surface area contributed by atoms with E-state index in [0.717, 1.165) is 23.8 Å². The molecule has 2 aromatic rings. The number of rotatable bonds is 3. The van der Waals surface area contributed by atoms with Crippen LogP contribution in [-0.2, 0) is 16.5 Å². The molecule has 0 fully saturated rings. The molecule has 0 N–H and O–H groups in total. The minimum atomic E-state index is -4.42. The van der Waals surface area contributed by atoms with E-state index < -0.39 is 10.1 Å². The van der Waals surface area contributed by atoms with Gasteiger partial charge in [-0.2, -0.15) is 0 Å². The summed E-state index contributed by atoms with van der Waals surface area (Å²) in [7, 11) is -4.42. The largest absolute Gasteiger partial charge is 1.00 e. The van der Waals surface area contributed by atoms with E-state index in [1.807, 2.05) is 25.1 Å². The smallest absolute Gasteiger partial charge is 0.744 e. The molecule has 0 aliphatic rings. The molecule has 18 heavy (non-hydrogen) atoms. The Balaban J connectivity index is 0.00000162. The Bertz CT molecular complexity index is 650. The zero-order valence-corrected chi connectivity index (χ0v) is 13.3. The molecule has 0 spiro atoms. The number of aryl methyl sites for hydroxylation is 1. The summed E-state index contributed by atoms with van der Waals surface area (Å²) in [5, 5.41) is 1.30. The first-order valence-corrected chi connectivity index (χ1v) is 6.91. The summed E-state index contributed by atoms with van der Waals surface area (Å²) >= 11 is 0. The van der Waals surface area contributed by atoms with Gasteiger partial charge in [0.25, 0.3) is 0 Å². The molecule has 0 unspecified atom stereocenters. The molecule has 0 bridgehead atoms. The van der Waals surface area contributed by atoms with Gasteiger partial charge in [0.1, 0.15) is 10.1 Å². The molecule has 0 aliphatic carbocycles. The van der Waals surface area contributed by atoms with Gasteiger partial charge in [-0.15, -0.1) is 0 Å². The first-order chi connectivity index (χ1) is 8.02. The first-order valence-electron chi connectivity index (χ1n) is 5.50. The van der Waals surface area contributed by atoms with Gasteiger partial charge in [-0.1, -0.05) is 43.7 Å². The maximum atomic E-state index is 11.2. The van der Waals surface area contributed by atoms with Crippen molar-refractivity contribution in [1.82, 2.24) is 0 Å². The molecule has 5 heteroatoms. The van der Waals surface area contributed by atoms with E-state index >= 15 is 0 Å². The predicted octanol–water partition coefficient (Wildman–Crippen LogP) is -0.300. The van der Waals surface area contributed by atoms with Crippen LogP contribution < -0.4 is 29.6 Å². The maximum Gasteiger partial charge on any atom is 1.00 e. The molecule has 3 nitrogen and oxygen atoms in total. The van der Waals surface area contributed by atoms with E-state index in [2.05, 4.69) is 0 Å². The molecule has 2 aromatic carbocycles. The Labute approximate surface area is 129 Å². The number of hydrogen-bond acceptors (Lipinski definition) is 3. The molecule has 2 rings (SSSR count). The van der Waals surface area contributed by atoms with Crippen LogP contribution in [-0.4, -0.2) is 13.0 Å². The zero-order chi connectivity index (χ0) is 12.5. The second kappa shape index (κ2) is 6.17. The molecule has 0 aromatic heterocycles. The summed E-state index contributed by atoms with van der Waals surface area (Å²) in [4.78, 5) is -0.112. The van der Waals surface area contributed by atoms with Crippen LogP contribution in [0.1, 0.15) is 18.9 Å². The molecular weight excluding hydrogens is 259 g/mol. The Hall–Kier alpha value is -0.390. The van der Waals surface area contributed by atoms with Crippen LogP contribution in [0.3, 0.4) is 0 Å². The van der Waals surface area contributed by atoms with Gasteiger partial charge in [0, 0.05) is 0 Å². The van der Waals surface area contributed by atoms with Crippen molar-refractivity contribution in [2.45, 2.75) is 24.7 Å². The second-order valence-electron chi connectivity index (χ2n) is 4.02. The third-order valence-corrected chi connectivity index (χ3v) is 3.57. The van der Waals surface area contributed by atoms with Gasteiger partial charge in [0.05, 0.1) is 4.90 Å². The normalized spacial score (nSPS) is 11.2. The summed E-state index contributed by atoms with van der Waals surface area (Å²) in [5.74, 6) is 0. The van der Waals surface area contributed by atoms with Crippen LogP contribution in [0.4, 0.5) is 0 Å². The Kier molecular flexibility index (Phi) is 5.37. The SMILES string of the molecule is CCCc1cc(S(=O)(=O)[O-])c2ccccc2c1.[Na+]. The Morgan fingerprint density at radius 2 is 1.83 bits per heavy atom. The quantitative estimate of drug-likeness (QED) is 0.569. The number of benzene rings is 2. The maximum absolute atomic E-state index is 11.2. The number of hydrogen-bond donors (Lipinski definition) is 0. The monoisotopic (exact) mass is 272 g/mol. The molecular formula is C13H13NaO3S. The molecule has 0 saturated heterocycles. The van der Waals surface area contributed by atoms with Crippen molar-refractivity contribution in [2.75, 3.05) is 0 Å². The van der Waals surface area contributed by atoms with Crippen molar-refractivity contribution in [1.29, 1.82) is 0 Å². The van der Waals surface area contributed by atoms with Crippen LogP contribution in [0, 0.1) is 0 Å². The van der Waals surface area contributed by atoms with E-state index in [1.165, 1.54) is 6.07 Å². The molecule has 90 valence electrons. The van der Waals surface area contributed by atoms with Gasteiger partial charge < -0.3 is 4.55 Å². The Morgan fingerprint density at radius 3 is 2.44 bits per heavy atom. The van der Waals surface area contributed by atoms with Crippen molar-refractivity contribution < 1.29 is 42.5 Å². The van der Waals surface area contributed by atoms with Crippen LogP contribution >= 0.6 is 0 Å². The van der Waals surface area contributed by atoms with Crippen LogP contribution in [0.2, 0.25) is 0 Å². The summed E-state index contributed by atoms with van der Waals surface area (Å²) in [6.45, 7) is 2.01. The van der Waals surface area contributed by atoms with Crippen LogP contribution in [0.15, 0.2) is 41.3 Å². The fraction of sp³-hybridized carbons (Fsp3) is 0.231. The molecule has 0 amide bonds. The van der Waals surface area contributed by atoms with Gasteiger partial charge in [-0.05, 0) is 28.8 Å². The van der Waals surface area contributed by atoms with Gasteiger partial charge in [-0.3, -0.25) is 0 Å². The van der Waals surface area contributed by atoms with Crippen molar-refractivity contribution in [3.63, 3.8) is 0 Å². The molecule has 0 saturated carbocycles. The van der Waals surface area contributed by atoms with Gasteiger partial charge in [0.2, 0.25) is 0 Å². The molecule has 0 radical (unpaired) electrons.